The van der Waals surface area contributed by atoms with E-state index in [1.54, 1.807) is 18.0 Å². The maximum Gasteiger partial charge on any atom is 0.253 e. The van der Waals surface area contributed by atoms with E-state index in [-0.39, 0.29) is 5.91 Å². The number of hydrogen-bond acceptors (Lipinski definition) is 1. The Kier molecular flexibility index (Phi) is 5.05. The van der Waals surface area contributed by atoms with Crippen molar-refractivity contribution in [3.05, 3.63) is 67.7 Å². The van der Waals surface area contributed by atoms with Gasteiger partial charge in [-0.3, -0.25) is 4.79 Å². The van der Waals surface area contributed by atoms with Gasteiger partial charge < -0.3 is 4.90 Å². The maximum absolute atomic E-state index is 12.3. The highest BCUT2D eigenvalue weighted by Gasteiger charge is 2.13. The highest BCUT2D eigenvalue weighted by molar-refractivity contribution is 14.1. The third-order valence-electron chi connectivity index (χ3n) is 3.05. The summed E-state index contributed by atoms with van der Waals surface area (Å²) in [6.45, 7) is 2.63. The summed E-state index contributed by atoms with van der Waals surface area (Å²) in [5.41, 5.74) is 2.94. The van der Waals surface area contributed by atoms with Crippen molar-refractivity contribution in [2.75, 3.05) is 7.05 Å². The first-order valence-electron chi connectivity index (χ1n) is 6.23. The molecule has 4 heteroatoms. The van der Waals surface area contributed by atoms with E-state index in [9.17, 15) is 4.79 Å². The van der Waals surface area contributed by atoms with Gasteiger partial charge >= 0.3 is 0 Å². The van der Waals surface area contributed by atoms with E-state index in [0.717, 1.165) is 9.13 Å². The Hall–Kier alpha value is -1.07. The van der Waals surface area contributed by atoms with E-state index in [2.05, 4.69) is 34.7 Å². The molecule has 0 saturated carbocycles. The Bertz CT molecular complexity index is 625. The minimum atomic E-state index is -0.0242. The molecule has 104 valence electrons. The van der Waals surface area contributed by atoms with Crippen LogP contribution in [0.2, 0.25) is 5.02 Å². The first kappa shape index (κ1) is 15.3. The van der Waals surface area contributed by atoms with Crippen LogP contribution in [0, 0.1) is 10.5 Å². The molecule has 20 heavy (non-hydrogen) atoms. The fourth-order valence-electron chi connectivity index (χ4n) is 1.89. The lowest BCUT2D eigenvalue weighted by molar-refractivity contribution is 0.0785. The van der Waals surface area contributed by atoms with Gasteiger partial charge in [-0.2, -0.15) is 0 Å². The molecular formula is C16H15ClINO. The molecule has 0 bridgehead atoms. The first-order valence-corrected chi connectivity index (χ1v) is 7.69. The van der Waals surface area contributed by atoms with E-state index in [1.165, 1.54) is 5.56 Å². The van der Waals surface area contributed by atoms with Crippen LogP contribution in [0.5, 0.6) is 0 Å². The van der Waals surface area contributed by atoms with Gasteiger partial charge in [0.2, 0.25) is 0 Å². The van der Waals surface area contributed by atoms with Gasteiger partial charge in [-0.05, 0) is 53.3 Å². The molecule has 0 atom stereocenters. The predicted molar refractivity (Wildman–Crippen MR) is 91.1 cm³/mol. The maximum atomic E-state index is 12.3. The van der Waals surface area contributed by atoms with Crippen LogP contribution >= 0.6 is 34.2 Å². The molecule has 0 unspecified atom stereocenters. The standard InChI is InChI=1S/C16H15ClINO/c1-11-3-5-12(6-4-11)10-19(2)16(20)13-7-8-15(18)14(17)9-13/h3-9H,10H2,1-2H3. The van der Waals surface area contributed by atoms with Gasteiger partial charge in [-0.25, -0.2) is 0 Å². The van der Waals surface area contributed by atoms with E-state index >= 15 is 0 Å². The molecule has 0 heterocycles. The largest absolute Gasteiger partial charge is 0.337 e. The molecule has 1 amide bonds. The quantitative estimate of drug-likeness (QED) is 0.695. The third kappa shape index (κ3) is 3.73. The lowest BCUT2D eigenvalue weighted by atomic mass is 10.1. The van der Waals surface area contributed by atoms with Crippen LogP contribution in [0.15, 0.2) is 42.5 Å². The molecule has 2 aromatic rings. The number of carbonyl (C=O) groups is 1. The summed E-state index contributed by atoms with van der Waals surface area (Å²) in [7, 11) is 1.80. The Balaban J connectivity index is 2.11. The van der Waals surface area contributed by atoms with Crippen LogP contribution < -0.4 is 0 Å². The highest BCUT2D eigenvalue weighted by atomic mass is 127. The minimum Gasteiger partial charge on any atom is -0.337 e. The number of rotatable bonds is 3. The van der Waals surface area contributed by atoms with Gasteiger partial charge in [-0.15, -0.1) is 0 Å². The van der Waals surface area contributed by atoms with Crippen molar-refractivity contribution >= 4 is 40.1 Å². The third-order valence-corrected chi connectivity index (χ3v) is 4.63. The second kappa shape index (κ2) is 6.59. The number of benzene rings is 2. The number of halogens is 2. The zero-order chi connectivity index (χ0) is 14.7. The fraction of sp³-hybridized carbons (Fsp3) is 0.188. The average Bonchev–Trinajstić information content (AvgIpc) is 2.43. The summed E-state index contributed by atoms with van der Waals surface area (Å²) in [4.78, 5) is 14.0. The summed E-state index contributed by atoms with van der Waals surface area (Å²) in [6, 6.07) is 13.6. The molecule has 2 rings (SSSR count). The summed E-state index contributed by atoms with van der Waals surface area (Å²) in [5, 5.41) is 0.611. The number of aryl methyl sites for hydroxylation is 1. The monoisotopic (exact) mass is 399 g/mol. The van der Waals surface area contributed by atoms with Crippen LogP contribution in [-0.2, 0) is 6.54 Å². The van der Waals surface area contributed by atoms with Gasteiger partial charge in [0.15, 0.2) is 0 Å². The van der Waals surface area contributed by atoms with Gasteiger partial charge in [0.25, 0.3) is 5.91 Å². The van der Waals surface area contributed by atoms with Gasteiger partial charge in [0.1, 0.15) is 0 Å². The van der Waals surface area contributed by atoms with Crippen molar-refractivity contribution in [1.82, 2.24) is 4.90 Å². The molecule has 0 radical (unpaired) electrons. The summed E-state index contributed by atoms with van der Waals surface area (Å²) >= 11 is 8.21. The Morgan fingerprint density at radius 2 is 1.85 bits per heavy atom. The molecule has 0 aliphatic carbocycles. The Labute approximate surface area is 137 Å². The highest BCUT2D eigenvalue weighted by Crippen LogP contribution is 2.20. The first-order chi connectivity index (χ1) is 9.47. The van der Waals surface area contributed by atoms with Crippen molar-refractivity contribution in [3.63, 3.8) is 0 Å². The molecule has 0 aromatic heterocycles. The molecule has 0 spiro atoms. The molecule has 0 fully saturated rings. The topological polar surface area (TPSA) is 20.3 Å². The normalized spacial score (nSPS) is 10.4. The Morgan fingerprint density at radius 1 is 1.20 bits per heavy atom. The Morgan fingerprint density at radius 3 is 2.45 bits per heavy atom. The molecule has 2 nitrogen and oxygen atoms in total. The summed E-state index contributed by atoms with van der Waals surface area (Å²) < 4.78 is 0.946. The number of amides is 1. The molecule has 0 aliphatic rings. The zero-order valence-electron chi connectivity index (χ0n) is 11.4. The minimum absolute atomic E-state index is 0.0242. The van der Waals surface area contributed by atoms with Crippen molar-refractivity contribution in [2.24, 2.45) is 0 Å². The predicted octanol–water partition coefficient (Wildman–Crippen LogP) is 4.53. The van der Waals surface area contributed by atoms with Crippen molar-refractivity contribution in [1.29, 1.82) is 0 Å². The van der Waals surface area contributed by atoms with Gasteiger partial charge in [-0.1, -0.05) is 41.4 Å². The summed E-state index contributed by atoms with van der Waals surface area (Å²) in [5.74, 6) is -0.0242. The average molecular weight is 400 g/mol. The van der Waals surface area contributed by atoms with Crippen LogP contribution in [0.1, 0.15) is 21.5 Å². The number of carbonyl (C=O) groups excluding carboxylic acids is 1. The molecule has 0 saturated heterocycles. The van der Waals surface area contributed by atoms with E-state index in [4.69, 9.17) is 11.6 Å². The van der Waals surface area contributed by atoms with Crippen molar-refractivity contribution in [3.8, 4) is 0 Å². The smallest absolute Gasteiger partial charge is 0.253 e. The molecule has 2 aromatic carbocycles. The molecule has 0 N–H and O–H groups in total. The second-order valence-corrected chi connectivity index (χ2v) is 6.35. The second-order valence-electron chi connectivity index (χ2n) is 4.78. The fourth-order valence-corrected chi connectivity index (χ4v) is 2.40. The number of nitrogens with zero attached hydrogens (tertiary/aromatic N) is 1. The van der Waals surface area contributed by atoms with Gasteiger partial charge in [0, 0.05) is 22.7 Å². The van der Waals surface area contributed by atoms with Crippen LogP contribution in [0.4, 0.5) is 0 Å². The molecular weight excluding hydrogens is 385 g/mol. The van der Waals surface area contributed by atoms with Crippen molar-refractivity contribution in [2.45, 2.75) is 13.5 Å². The van der Waals surface area contributed by atoms with Crippen LogP contribution in [-0.4, -0.2) is 17.9 Å². The van der Waals surface area contributed by atoms with Crippen molar-refractivity contribution < 1.29 is 4.79 Å². The lowest BCUT2D eigenvalue weighted by Gasteiger charge is -2.17. The van der Waals surface area contributed by atoms with Crippen LogP contribution in [0.25, 0.3) is 0 Å². The van der Waals surface area contributed by atoms with Crippen LogP contribution in [0.3, 0.4) is 0 Å². The SMILES string of the molecule is Cc1ccc(CN(C)C(=O)c2ccc(I)c(Cl)c2)cc1. The zero-order valence-corrected chi connectivity index (χ0v) is 14.3. The van der Waals surface area contributed by atoms with Gasteiger partial charge in [0.05, 0.1) is 5.02 Å². The number of hydrogen-bond donors (Lipinski definition) is 0. The van der Waals surface area contributed by atoms with E-state index < -0.39 is 0 Å². The summed E-state index contributed by atoms with van der Waals surface area (Å²) in [6.07, 6.45) is 0. The lowest BCUT2D eigenvalue weighted by Crippen LogP contribution is -2.26. The van der Waals surface area contributed by atoms with E-state index in [1.807, 2.05) is 31.2 Å². The molecule has 0 aliphatic heterocycles. The van der Waals surface area contributed by atoms with E-state index in [0.29, 0.717) is 17.1 Å².